The van der Waals surface area contributed by atoms with Gasteiger partial charge in [0.2, 0.25) is 5.89 Å². The molecule has 0 unspecified atom stereocenters. The van der Waals surface area contributed by atoms with E-state index in [1.807, 2.05) is 0 Å². The number of nitrogens with one attached hydrogen (secondary N) is 1. The molecule has 0 aliphatic heterocycles. The molecule has 30 heavy (non-hydrogen) atoms. The third kappa shape index (κ3) is 2.20. The van der Waals surface area contributed by atoms with Crippen LogP contribution in [-0.2, 0) is 5.41 Å². The second kappa shape index (κ2) is 6.13. The first-order valence-electron chi connectivity index (χ1n) is 9.70. The van der Waals surface area contributed by atoms with Crippen molar-refractivity contribution in [3.8, 4) is 11.3 Å². The molecule has 9 heteroatoms. The average molecular weight is 411 g/mol. The third-order valence-corrected chi connectivity index (χ3v) is 6.81. The van der Waals surface area contributed by atoms with E-state index in [9.17, 15) is 13.6 Å². The maximum absolute atomic E-state index is 14.3. The van der Waals surface area contributed by atoms with Crippen molar-refractivity contribution in [2.75, 3.05) is 7.05 Å². The lowest BCUT2D eigenvalue weighted by Crippen LogP contribution is -2.37. The number of halogens is 2. The number of hydrogen-bond acceptors (Lipinski definition) is 6. The topological polar surface area (TPSA) is 93.8 Å². The highest BCUT2D eigenvalue weighted by molar-refractivity contribution is 5.89. The van der Waals surface area contributed by atoms with E-state index in [1.54, 1.807) is 6.07 Å². The van der Waals surface area contributed by atoms with Gasteiger partial charge in [0.15, 0.2) is 0 Å². The molecule has 2 aliphatic rings. The monoisotopic (exact) mass is 411 g/mol. The number of carbonyl (C=O) groups excluding carboxylic acids is 1. The zero-order valence-electron chi connectivity index (χ0n) is 16.7. The second-order valence-electron chi connectivity index (χ2n) is 8.34. The Labute approximate surface area is 170 Å². The minimum Gasteiger partial charge on any atom is -0.416 e. The van der Waals surface area contributed by atoms with Crippen LogP contribution in [-0.4, -0.2) is 33.3 Å². The molecule has 2 heterocycles. The van der Waals surface area contributed by atoms with Gasteiger partial charge in [-0.05, 0) is 47.9 Å². The van der Waals surface area contributed by atoms with Gasteiger partial charge in [-0.2, -0.15) is 5.10 Å². The maximum Gasteiger partial charge on any atom is 0.308 e. The quantitative estimate of drug-likeness (QED) is 0.710. The van der Waals surface area contributed by atoms with Gasteiger partial charge in [-0.1, -0.05) is 19.9 Å². The lowest BCUT2D eigenvalue weighted by atomic mass is 9.68. The van der Waals surface area contributed by atoms with Crippen molar-refractivity contribution < 1.29 is 18.0 Å². The molecule has 1 amide bonds. The molecule has 0 spiro atoms. The molecule has 2 bridgehead atoms. The van der Waals surface area contributed by atoms with Gasteiger partial charge in [0.25, 0.3) is 0 Å². The van der Waals surface area contributed by atoms with Crippen LogP contribution in [0.15, 0.2) is 28.7 Å². The molecular weight excluding hydrogens is 392 g/mol. The number of hydrogen-bond donors (Lipinski definition) is 1. The van der Waals surface area contributed by atoms with Crippen molar-refractivity contribution in [2.24, 2.45) is 5.41 Å². The number of fused-ring (bicyclic) bond motifs is 5. The summed E-state index contributed by atoms with van der Waals surface area (Å²) in [7, 11) is 1.49. The van der Waals surface area contributed by atoms with Crippen molar-refractivity contribution in [3.63, 3.8) is 0 Å². The highest BCUT2D eigenvalue weighted by Crippen LogP contribution is 2.69. The molecule has 3 aromatic rings. The molecule has 1 fully saturated rings. The van der Waals surface area contributed by atoms with E-state index in [0.29, 0.717) is 18.0 Å². The summed E-state index contributed by atoms with van der Waals surface area (Å²) in [5.74, 6) is -1.57. The Morgan fingerprint density at radius 3 is 2.60 bits per heavy atom. The van der Waals surface area contributed by atoms with Gasteiger partial charge >= 0.3 is 11.8 Å². The first kappa shape index (κ1) is 18.8. The van der Waals surface area contributed by atoms with Gasteiger partial charge < -0.3 is 9.73 Å². The van der Waals surface area contributed by atoms with Crippen molar-refractivity contribution in [1.82, 2.24) is 25.7 Å². The number of aromatic nitrogens is 4. The van der Waals surface area contributed by atoms with E-state index in [4.69, 9.17) is 4.42 Å². The van der Waals surface area contributed by atoms with Crippen molar-refractivity contribution >= 4 is 5.91 Å². The first-order valence-corrected chi connectivity index (χ1v) is 9.70. The Hall–Kier alpha value is -3.23. The van der Waals surface area contributed by atoms with Crippen LogP contribution < -0.4 is 5.32 Å². The molecular formula is C21H19F2N5O2. The highest BCUT2D eigenvalue weighted by atomic mass is 19.1. The maximum atomic E-state index is 14.3. The van der Waals surface area contributed by atoms with Crippen LogP contribution in [0.1, 0.15) is 60.4 Å². The van der Waals surface area contributed by atoms with Gasteiger partial charge in [0.1, 0.15) is 11.6 Å². The molecule has 2 atom stereocenters. The standard InChI is InChI=1S/C21H19F2N5O2/c1-20(2)11-7-8-21(20,19-28-27-18(30-19)17(29)24-3)16-10(11)9-14(25-26-16)15-12(22)5-4-6-13(15)23/h4-6,9,11H,7-8H2,1-3H3,(H,24,29)/t11-,21+/m0/s1. The number of amides is 1. The fourth-order valence-electron chi connectivity index (χ4n) is 5.26. The van der Waals surface area contributed by atoms with Crippen molar-refractivity contribution in [3.05, 3.63) is 58.9 Å². The summed E-state index contributed by atoms with van der Waals surface area (Å²) in [6, 6.07) is 5.43. The van der Waals surface area contributed by atoms with Crippen molar-refractivity contribution in [2.45, 2.75) is 38.0 Å². The van der Waals surface area contributed by atoms with Crippen LogP contribution in [0.4, 0.5) is 8.78 Å². The summed E-state index contributed by atoms with van der Waals surface area (Å²) in [4.78, 5) is 11.9. The Kier molecular flexibility index (Phi) is 3.84. The molecule has 0 radical (unpaired) electrons. The van der Waals surface area contributed by atoms with Gasteiger partial charge in [0.05, 0.1) is 22.4 Å². The molecule has 0 saturated heterocycles. The van der Waals surface area contributed by atoms with Gasteiger partial charge in [-0.3, -0.25) is 4.79 Å². The minimum absolute atomic E-state index is 0.0759. The predicted octanol–water partition coefficient (Wildman–Crippen LogP) is 3.37. The van der Waals surface area contributed by atoms with Crippen LogP contribution in [0.25, 0.3) is 11.3 Å². The van der Waals surface area contributed by atoms with Gasteiger partial charge in [-0.25, -0.2) is 8.78 Å². The van der Waals surface area contributed by atoms with E-state index >= 15 is 0 Å². The predicted molar refractivity (Wildman–Crippen MR) is 102 cm³/mol. The van der Waals surface area contributed by atoms with E-state index in [-0.39, 0.29) is 28.5 Å². The molecule has 2 aliphatic carbocycles. The van der Waals surface area contributed by atoms with E-state index in [2.05, 4.69) is 39.6 Å². The van der Waals surface area contributed by atoms with E-state index in [0.717, 1.165) is 12.0 Å². The molecule has 7 nitrogen and oxygen atoms in total. The van der Waals surface area contributed by atoms with Crippen LogP contribution in [0.5, 0.6) is 0 Å². The fourth-order valence-corrected chi connectivity index (χ4v) is 5.26. The first-order chi connectivity index (χ1) is 14.3. The third-order valence-electron chi connectivity index (χ3n) is 6.81. The highest BCUT2D eigenvalue weighted by Gasteiger charge is 2.67. The zero-order chi connectivity index (χ0) is 21.3. The average Bonchev–Trinajstić information content (AvgIpc) is 3.36. The van der Waals surface area contributed by atoms with Crippen LogP contribution >= 0.6 is 0 Å². The van der Waals surface area contributed by atoms with E-state index < -0.39 is 23.0 Å². The molecule has 154 valence electrons. The van der Waals surface area contributed by atoms with Crippen LogP contribution in [0.3, 0.4) is 0 Å². The lowest BCUT2D eigenvalue weighted by molar-refractivity contribution is 0.0921. The summed E-state index contributed by atoms with van der Waals surface area (Å²) in [5.41, 5.74) is 0.422. The Morgan fingerprint density at radius 1 is 1.17 bits per heavy atom. The smallest absolute Gasteiger partial charge is 0.308 e. The molecule has 2 aromatic heterocycles. The van der Waals surface area contributed by atoms with Crippen LogP contribution in [0, 0.1) is 17.0 Å². The molecule has 1 aromatic carbocycles. The minimum atomic E-state index is -0.717. The molecule has 1 saturated carbocycles. The van der Waals surface area contributed by atoms with Crippen molar-refractivity contribution in [1.29, 1.82) is 0 Å². The normalized spacial score (nSPS) is 23.4. The van der Waals surface area contributed by atoms with Gasteiger partial charge in [-0.15, -0.1) is 15.3 Å². The number of carbonyl (C=O) groups is 1. The molecule has 5 rings (SSSR count). The Bertz CT molecular complexity index is 1170. The Balaban J connectivity index is 1.68. The summed E-state index contributed by atoms with van der Waals surface area (Å²) in [6.45, 7) is 4.17. The van der Waals surface area contributed by atoms with E-state index in [1.165, 1.54) is 25.2 Å². The zero-order valence-corrected chi connectivity index (χ0v) is 16.7. The Morgan fingerprint density at radius 2 is 1.90 bits per heavy atom. The summed E-state index contributed by atoms with van der Waals surface area (Å²) < 4.78 is 34.4. The fraction of sp³-hybridized carbons (Fsp3) is 0.381. The van der Waals surface area contributed by atoms with Crippen LogP contribution in [0.2, 0.25) is 0 Å². The summed E-state index contributed by atoms with van der Waals surface area (Å²) >= 11 is 0. The number of nitrogens with zero attached hydrogens (tertiary/aromatic N) is 4. The summed E-state index contributed by atoms with van der Waals surface area (Å²) in [6.07, 6.45) is 1.53. The van der Waals surface area contributed by atoms with Gasteiger partial charge in [0, 0.05) is 7.05 Å². The lowest BCUT2D eigenvalue weighted by Gasteiger charge is -2.34. The largest absolute Gasteiger partial charge is 0.416 e. The molecule has 1 N–H and O–H groups in total. The number of rotatable bonds is 3. The SMILES string of the molecule is CNC(=O)c1nnc([C@@]23CC[C@@H](c4cc(-c5c(F)cccc5F)nnc42)C3(C)C)o1. The number of benzene rings is 1. The summed E-state index contributed by atoms with van der Waals surface area (Å²) in [5, 5.41) is 19.1. The second-order valence-corrected chi connectivity index (χ2v) is 8.34.